The number of halogens is 2. The van der Waals surface area contributed by atoms with E-state index in [2.05, 4.69) is 4.98 Å². The molecule has 1 heterocycles. The Morgan fingerprint density at radius 1 is 1.32 bits per heavy atom. The van der Waals surface area contributed by atoms with Gasteiger partial charge in [-0.3, -0.25) is 0 Å². The molecule has 1 atom stereocenters. The van der Waals surface area contributed by atoms with Gasteiger partial charge in [-0.25, -0.2) is 4.98 Å². The maximum atomic E-state index is 10.3. The van der Waals surface area contributed by atoms with Crippen LogP contribution in [-0.2, 0) is 6.42 Å². The molecule has 2 aromatic rings. The van der Waals surface area contributed by atoms with Crippen LogP contribution in [0.15, 0.2) is 30.7 Å². The molecule has 0 saturated carbocycles. The van der Waals surface area contributed by atoms with Crippen molar-refractivity contribution < 1.29 is 5.11 Å². The minimum Gasteiger partial charge on any atom is -0.386 e. The highest BCUT2D eigenvalue weighted by Gasteiger charge is 2.17. The van der Waals surface area contributed by atoms with Crippen molar-refractivity contribution >= 4 is 23.2 Å². The van der Waals surface area contributed by atoms with Gasteiger partial charge in [-0.1, -0.05) is 35.3 Å². The molecule has 0 aliphatic rings. The van der Waals surface area contributed by atoms with Crippen molar-refractivity contribution in [3.8, 4) is 0 Å². The number of hydrogen-bond acceptors (Lipinski definition) is 2. The Morgan fingerprint density at radius 3 is 2.74 bits per heavy atom. The number of rotatable bonds is 4. The molecular formula is C14H16Cl2N2O. The second-order valence-corrected chi connectivity index (χ2v) is 5.54. The third-order valence-corrected chi connectivity index (χ3v) is 3.90. The molecule has 0 radical (unpaired) electrons. The van der Waals surface area contributed by atoms with Crippen molar-refractivity contribution in [1.82, 2.24) is 9.55 Å². The molecule has 3 nitrogen and oxygen atoms in total. The van der Waals surface area contributed by atoms with Crippen molar-refractivity contribution in [3.63, 3.8) is 0 Å². The van der Waals surface area contributed by atoms with E-state index >= 15 is 0 Å². The summed E-state index contributed by atoms with van der Waals surface area (Å²) in [7, 11) is 0. The van der Waals surface area contributed by atoms with Crippen molar-refractivity contribution in [3.05, 3.63) is 52.0 Å². The van der Waals surface area contributed by atoms with Gasteiger partial charge in [0.25, 0.3) is 0 Å². The van der Waals surface area contributed by atoms with E-state index in [0.29, 0.717) is 16.5 Å². The summed E-state index contributed by atoms with van der Waals surface area (Å²) in [4.78, 5) is 4.09. The molecule has 0 bridgehead atoms. The lowest BCUT2D eigenvalue weighted by atomic mass is 10.1. The first kappa shape index (κ1) is 14.4. The normalized spacial score (nSPS) is 12.9. The van der Waals surface area contributed by atoms with Gasteiger partial charge >= 0.3 is 0 Å². The van der Waals surface area contributed by atoms with Crippen LogP contribution in [0.5, 0.6) is 0 Å². The number of nitrogens with zero attached hydrogens (tertiary/aromatic N) is 2. The van der Waals surface area contributed by atoms with Crippen LogP contribution in [-0.4, -0.2) is 14.7 Å². The maximum Gasteiger partial charge on any atom is 0.0996 e. The summed E-state index contributed by atoms with van der Waals surface area (Å²) in [6.07, 6.45) is 3.17. The van der Waals surface area contributed by atoms with Crippen molar-refractivity contribution in [1.29, 1.82) is 0 Å². The van der Waals surface area contributed by atoms with Crippen LogP contribution in [0.2, 0.25) is 10.0 Å². The van der Waals surface area contributed by atoms with Gasteiger partial charge in [0.1, 0.15) is 0 Å². The standard InChI is InChI=1S/C14H16Cl2N2O/c1-9(2)18-8-17-7-12(18)13(19)6-10-4-3-5-11(15)14(10)16/h3-5,7-9,13,19H,6H2,1-2H3. The van der Waals surface area contributed by atoms with Gasteiger partial charge in [-0.15, -0.1) is 0 Å². The maximum absolute atomic E-state index is 10.3. The fourth-order valence-electron chi connectivity index (χ4n) is 2.02. The Bertz CT molecular complexity index is 566. The second-order valence-electron chi connectivity index (χ2n) is 4.75. The van der Waals surface area contributed by atoms with E-state index < -0.39 is 6.10 Å². The van der Waals surface area contributed by atoms with E-state index in [1.54, 1.807) is 18.6 Å². The number of benzene rings is 1. The Morgan fingerprint density at radius 2 is 2.05 bits per heavy atom. The highest BCUT2D eigenvalue weighted by atomic mass is 35.5. The summed E-state index contributed by atoms with van der Waals surface area (Å²) >= 11 is 12.1. The Kier molecular flexibility index (Phi) is 4.50. The first-order valence-electron chi connectivity index (χ1n) is 6.13. The van der Waals surface area contributed by atoms with Crippen molar-refractivity contribution in [2.24, 2.45) is 0 Å². The van der Waals surface area contributed by atoms with Crippen LogP contribution >= 0.6 is 23.2 Å². The molecule has 1 N–H and O–H groups in total. The third kappa shape index (κ3) is 3.11. The smallest absolute Gasteiger partial charge is 0.0996 e. The molecule has 1 unspecified atom stereocenters. The van der Waals surface area contributed by atoms with Crippen LogP contribution in [0.1, 0.15) is 37.3 Å². The van der Waals surface area contributed by atoms with Crippen LogP contribution in [0, 0.1) is 0 Å². The average molecular weight is 299 g/mol. The lowest BCUT2D eigenvalue weighted by Gasteiger charge is -2.17. The summed E-state index contributed by atoms with van der Waals surface area (Å²) in [5, 5.41) is 11.3. The molecule has 1 aromatic heterocycles. The highest BCUT2D eigenvalue weighted by molar-refractivity contribution is 6.42. The number of aliphatic hydroxyl groups excluding tert-OH is 1. The van der Waals surface area contributed by atoms with E-state index in [1.165, 1.54) is 0 Å². The monoisotopic (exact) mass is 298 g/mol. The average Bonchev–Trinajstić information content (AvgIpc) is 2.84. The van der Waals surface area contributed by atoms with Crippen LogP contribution in [0.3, 0.4) is 0 Å². The molecule has 0 fully saturated rings. The van der Waals surface area contributed by atoms with Gasteiger partial charge in [-0.05, 0) is 25.5 Å². The van der Waals surface area contributed by atoms with Gasteiger partial charge in [0, 0.05) is 12.5 Å². The van der Waals surface area contributed by atoms with Gasteiger partial charge in [0.15, 0.2) is 0 Å². The SMILES string of the molecule is CC(C)n1cncc1C(O)Cc1cccc(Cl)c1Cl. The zero-order valence-electron chi connectivity index (χ0n) is 10.8. The molecule has 5 heteroatoms. The van der Waals surface area contributed by atoms with Crippen LogP contribution < -0.4 is 0 Å². The van der Waals surface area contributed by atoms with E-state index in [0.717, 1.165) is 11.3 Å². The van der Waals surface area contributed by atoms with Gasteiger partial charge < -0.3 is 9.67 Å². The second kappa shape index (κ2) is 5.95. The molecule has 0 amide bonds. The quantitative estimate of drug-likeness (QED) is 0.925. The zero-order valence-corrected chi connectivity index (χ0v) is 12.4. The summed E-state index contributed by atoms with van der Waals surface area (Å²) in [6, 6.07) is 5.68. The minimum atomic E-state index is -0.652. The fraction of sp³-hybridized carbons (Fsp3) is 0.357. The molecule has 0 spiro atoms. The van der Waals surface area contributed by atoms with E-state index in [4.69, 9.17) is 23.2 Å². The lowest BCUT2D eigenvalue weighted by molar-refractivity contribution is 0.167. The number of hydrogen-bond donors (Lipinski definition) is 1. The predicted octanol–water partition coefficient (Wildman–Crippen LogP) is 4.05. The summed E-state index contributed by atoms with van der Waals surface area (Å²) in [6.45, 7) is 4.09. The van der Waals surface area contributed by atoms with E-state index in [9.17, 15) is 5.11 Å². The molecule has 0 saturated heterocycles. The first-order valence-corrected chi connectivity index (χ1v) is 6.89. The third-order valence-electron chi connectivity index (χ3n) is 3.04. The van der Waals surface area contributed by atoms with Gasteiger partial charge in [-0.2, -0.15) is 0 Å². The molecule has 1 aromatic carbocycles. The lowest BCUT2D eigenvalue weighted by Crippen LogP contribution is -2.11. The molecular weight excluding hydrogens is 283 g/mol. The number of imidazole rings is 1. The topological polar surface area (TPSA) is 38.0 Å². The Balaban J connectivity index is 2.23. The predicted molar refractivity (Wildman–Crippen MR) is 77.7 cm³/mol. The van der Waals surface area contributed by atoms with Gasteiger partial charge in [0.05, 0.1) is 34.4 Å². The fourth-order valence-corrected chi connectivity index (χ4v) is 2.42. The van der Waals surface area contributed by atoms with Crippen molar-refractivity contribution in [2.75, 3.05) is 0 Å². The molecule has 2 rings (SSSR count). The minimum absolute atomic E-state index is 0.252. The van der Waals surface area contributed by atoms with Gasteiger partial charge in [0.2, 0.25) is 0 Å². The first-order chi connectivity index (χ1) is 9.00. The molecule has 19 heavy (non-hydrogen) atoms. The molecule has 102 valence electrons. The van der Waals surface area contributed by atoms with E-state index in [1.807, 2.05) is 30.5 Å². The number of aromatic nitrogens is 2. The highest BCUT2D eigenvalue weighted by Crippen LogP contribution is 2.29. The molecule has 0 aliphatic carbocycles. The van der Waals surface area contributed by atoms with Crippen molar-refractivity contribution in [2.45, 2.75) is 32.4 Å². The molecule has 0 aliphatic heterocycles. The Hall–Kier alpha value is -1.03. The van der Waals surface area contributed by atoms with E-state index in [-0.39, 0.29) is 6.04 Å². The van der Waals surface area contributed by atoms with Crippen LogP contribution in [0.4, 0.5) is 0 Å². The van der Waals surface area contributed by atoms with Crippen LogP contribution in [0.25, 0.3) is 0 Å². The summed E-state index contributed by atoms with van der Waals surface area (Å²) in [5.41, 5.74) is 1.62. The number of aliphatic hydroxyl groups is 1. The zero-order chi connectivity index (χ0) is 14.0. The largest absolute Gasteiger partial charge is 0.386 e. The Labute approximate surface area is 122 Å². The summed E-state index contributed by atoms with van der Waals surface area (Å²) in [5.74, 6) is 0. The summed E-state index contributed by atoms with van der Waals surface area (Å²) < 4.78 is 1.95.